The normalized spacial score (nSPS) is 18.1. The quantitative estimate of drug-likeness (QED) is 0.896. The van der Waals surface area contributed by atoms with Crippen molar-refractivity contribution in [2.24, 2.45) is 4.99 Å². The molecule has 0 fully saturated rings. The number of hydrogen-bond acceptors (Lipinski definition) is 3. The second kappa shape index (κ2) is 6.43. The van der Waals surface area contributed by atoms with E-state index < -0.39 is 5.97 Å². The first-order valence-electron chi connectivity index (χ1n) is 6.44. The maximum atomic E-state index is 13.1. The van der Waals surface area contributed by atoms with E-state index in [0.717, 1.165) is 5.56 Å². The second-order valence-electron chi connectivity index (χ2n) is 4.96. The van der Waals surface area contributed by atoms with Gasteiger partial charge in [0, 0.05) is 19.3 Å². The number of benzene rings is 1. The van der Waals surface area contributed by atoms with Gasteiger partial charge in [-0.1, -0.05) is 18.2 Å². The van der Waals surface area contributed by atoms with Crippen molar-refractivity contribution in [3.63, 3.8) is 0 Å². The molecule has 1 heterocycles. The highest BCUT2D eigenvalue weighted by Crippen LogP contribution is 2.12. The van der Waals surface area contributed by atoms with E-state index in [-0.39, 0.29) is 17.4 Å². The van der Waals surface area contributed by atoms with Crippen LogP contribution in [0, 0.1) is 5.82 Å². The van der Waals surface area contributed by atoms with Gasteiger partial charge in [-0.25, -0.2) is 9.18 Å². The second-order valence-corrected chi connectivity index (χ2v) is 4.96. The molecule has 1 atom stereocenters. The number of rotatable bonds is 5. The Morgan fingerprint density at radius 3 is 2.95 bits per heavy atom. The Morgan fingerprint density at radius 1 is 1.55 bits per heavy atom. The van der Waals surface area contributed by atoms with Gasteiger partial charge in [0.25, 0.3) is 0 Å². The third-order valence-corrected chi connectivity index (χ3v) is 3.15. The van der Waals surface area contributed by atoms with Gasteiger partial charge in [-0.05, 0) is 31.2 Å². The molecule has 1 aliphatic rings. The summed E-state index contributed by atoms with van der Waals surface area (Å²) in [7, 11) is 1.94. The molecule has 4 nitrogen and oxygen atoms in total. The molecular formula is C15H17FN2O2. The first-order valence-corrected chi connectivity index (χ1v) is 6.44. The molecule has 0 saturated heterocycles. The van der Waals surface area contributed by atoms with E-state index in [1.165, 1.54) is 18.3 Å². The Morgan fingerprint density at radius 2 is 2.35 bits per heavy atom. The molecule has 106 valence electrons. The number of aliphatic carboxylic acids is 1. The number of dihydropyridines is 1. The molecule has 20 heavy (non-hydrogen) atoms. The van der Waals surface area contributed by atoms with Crippen LogP contribution in [0.2, 0.25) is 0 Å². The van der Waals surface area contributed by atoms with Gasteiger partial charge in [0.2, 0.25) is 0 Å². The summed E-state index contributed by atoms with van der Waals surface area (Å²) in [5.41, 5.74) is 1.16. The largest absolute Gasteiger partial charge is 0.478 e. The van der Waals surface area contributed by atoms with Gasteiger partial charge in [0.1, 0.15) is 5.82 Å². The van der Waals surface area contributed by atoms with Gasteiger partial charge < -0.3 is 5.11 Å². The van der Waals surface area contributed by atoms with Crippen molar-refractivity contribution < 1.29 is 14.3 Å². The zero-order valence-electron chi connectivity index (χ0n) is 11.3. The molecule has 0 aromatic heterocycles. The predicted molar refractivity (Wildman–Crippen MR) is 75.3 cm³/mol. The van der Waals surface area contributed by atoms with Crippen molar-refractivity contribution in [1.29, 1.82) is 0 Å². The maximum Gasteiger partial charge on any atom is 0.336 e. The van der Waals surface area contributed by atoms with Gasteiger partial charge in [0.15, 0.2) is 0 Å². The van der Waals surface area contributed by atoms with Crippen LogP contribution in [0.3, 0.4) is 0 Å². The first kappa shape index (κ1) is 14.4. The van der Waals surface area contributed by atoms with Gasteiger partial charge in [-0.2, -0.15) is 0 Å². The smallest absolute Gasteiger partial charge is 0.336 e. The molecule has 1 unspecified atom stereocenters. The number of carboxylic acid groups (broad SMARTS) is 1. The SMILES string of the molecule is CN(Cc1cccc(F)c1)CC1CC=C(C(=O)O)C=N1. The lowest BCUT2D eigenvalue weighted by molar-refractivity contribution is -0.132. The van der Waals surface area contributed by atoms with Crippen molar-refractivity contribution in [3.05, 3.63) is 47.3 Å². The minimum atomic E-state index is -0.944. The van der Waals surface area contributed by atoms with Crippen molar-refractivity contribution in [2.75, 3.05) is 13.6 Å². The molecule has 0 saturated carbocycles. The van der Waals surface area contributed by atoms with Crippen molar-refractivity contribution >= 4 is 12.2 Å². The first-order chi connectivity index (χ1) is 9.54. The lowest BCUT2D eigenvalue weighted by atomic mass is 10.1. The molecule has 0 radical (unpaired) electrons. The molecule has 1 N–H and O–H groups in total. The van der Waals surface area contributed by atoms with E-state index in [9.17, 15) is 9.18 Å². The van der Waals surface area contributed by atoms with Crippen molar-refractivity contribution in [1.82, 2.24) is 4.90 Å². The molecule has 1 aliphatic heterocycles. The number of nitrogens with zero attached hydrogens (tertiary/aromatic N) is 2. The standard InChI is InChI=1S/C15H17FN2O2/c1-18(9-11-3-2-4-13(16)7-11)10-14-6-5-12(8-17-14)15(19)20/h2-5,7-8,14H,6,9-10H2,1H3,(H,19,20). The molecular weight excluding hydrogens is 259 g/mol. The molecule has 5 heteroatoms. The van der Waals surface area contributed by atoms with Crippen LogP contribution in [0.1, 0.15) is 12.0 Å². The number of carboxylic acids is 1. The average molecular weight is 276 g/mol. The molecule has 0 spiro atoms. The lowest BCUT2D eigenvalue weighted by Gasteiger charge is -2.22. The third kappa shape index (κ3) is 3.99. The number of aliphatic imine (C=N–C) groups is 1. The van der Waals surface area contributed by atoms with Gasteiger partial charge in [-0.15, -0.1) is 0 Å². The summed E-state index contributed by atoms with van der Waals surface area (Å²) in [6.07, 6.45) is 3.72. The van der Waals surface area contributed by atoms with Crippen LogP contribution in [0.15, 0.2) is 40.9 Å². The zero-order valence-corrected chi connectivity index (χ0v) is 11.3. The van der Waals surface area contributed by atoms with Gasteiger partial charge in [0.05, 0.1) is 11.6 Å². The lowest BCUT2D eigenvalue weighted by Crippen LogP contribution is -2.29. The summed E-state index contributed by atoms with van der Waals surface area (Å²) in [5, 5.41) is 8.82. The van der Waals surface area contributed by atoms with Crippen LogP contribution in [-0.4, -0.2) is 41.8 Å². The number of hydrogen-bond donors (Lipinski definition) is 1. The van der Waals surface area contributed by atoms with E-state index in [1.807, 2.05) is 13.1 Å². The number of halogens is 1. The van der Waals surface area contributed by atoms with Crippen LogP contribution >= 0.6 is 0 Å². The van der Waals surface area contributed by atoms with E-state index in [4.69, 9.17) is 5.11 Å². The fraction of sp³-hybridized carbons (Fsp3) is 0.333. The highest BCUT2D eigenvalue weighted by molar-refractivity contribution is 6.08. The average Bonchev–Trinajstić information content (AvgIpc) is 2.39. The van der Waals surface area contributed by atoms with Crippen LogP contribution in [0.5, 0.6) is 0 Å². The summed E-state index contributed by atoms with van der Waals surface area (Å²) in [6.45, 7) is 1.34. The Bertz CT molecular complexity index is 555. The summed E-state index contributed by atoms with van der Waals surface area (Å²) in [6, 6.07) is 6.57. The maximum absolute atomic E-state index is 13.1. The Kier molecular flexibility index (Phi) is 4.63. The highest BCUT2D eigenvalue weighted by atomic mass is 19.1. The fourth-order valence-corrected chi connectivity index (χ4v) is 2.20. The summed E-state index contributed by atoms with van der Waals surface area (Å²) < 4.78 is 13.1. The molecule has 1 aromatic rings. The minimum absolute atomic E-state index is 0.0525. The van der Waals surface area contributed by atoms with Crippen LogP contribution in [0.4, 0.5) is 4.39 Å². The summed E-state index contributed by atoms with van der Waals surface area (Å²) >= 11 is 0. The van der Waals surface area contributed by atoms with Crippen LogP contribution in [0.25, 0.3) is 0 Å². The molecule has 0 bridgehead atoms. The summed E-state index contributed by atoms with van der Waals surface area (Å²) in [4.78, 5) is 17.0. The summed E-state index contributed by atoms with van der Waals surface area (Å²) in [5.74, 6) is -1.18. The monoisotopic (exact) mass is 276 g/mol. The zero-order chi connectivity index (χ0) is 14.5. The molecule has 2 rings (SSSR count). The number of likely N-dealkylation sites (N-methyl/N-ethyl adjacent to an activating group) is 1. The third-order valence-electron chi connectivity index (χ3n) is 3.15. The fourth-order valence-electron chi connectivity index (χ4n) is 2.20. The Labute approximate surface area is 117 Å². The molecule has 0 amide bonds. The van der Waals surface area contributed by atoms with Crippen LogP contribution in [-0.2, 0) is 11.3 Å². The topological polar surface area (TPSA) is 52.9 Å². The van der Waals surface area contributed by atoms with Crippen LogP contribution < -0.4 is 0 Å². The van der Waals surface area contributed by atoms with E-state index in [2.05, 4.69) is 9.89 Å². The Hall–Kier alpha value is -2.01. The van der Waals surface area contributed by atoms with E-state index in [1.54, 1.807) is 12.1 Å². The Balaban J connectivity index is 1.86. The van der Waals surface area contributed by atoms with E-state index in [0.29, 0.717) is 19.5 Å². The minimum Gasteiger partial charge on any atom is -0.478 e. The van der Waals surface area contributed by atoms with Crippen molar-refractivity contribution in [3.8, 4) is 0 Å². The van der Waals surface area contributed by atoms with Gasteiger partial charge in [-0.3, -0.25) is 9.89 Å². The highest BCUT2D eigenvalue weighted by Gasteiger charge is 2.15. The van der Waals surface area contributed by atoms with Gasteiger partial charge >= 0.3 is 5.97 Å². The number of carbonyl (C=O) groups is 1. The molecule has 0 aliphatic carbocycles. The van der Waals surface area contributed by atoms with E-state index >= 15 is 0 Å². The molecule has 1 aromatic carbocycles. The predicted octanol–water partition coefficient (Wildman–Crippen LogP) is 2.11. The van der Waals surface area contributed by atoms with Crippen molar-refractivity contribution in [2.45, 2.75) is 19.0 Å².